The molecule has 0 fully saturated rings. The molecule has 106 valence electrons. The summed E-state index contributed by atoms with van der Waals surface area (Å²) >= 11 is 0. The topological polar surface area (TPSA) is 35.2 Å². The molecule has 0 aliphatic carbocycles. The monoisotopic (exact) mass is 269 g/mol. The molecule has 2 aromatic carbocycles. The van der Waals surface area contributed by atoms with Crippen molar-refractivity contribution in [3.63, 3.8) is 0 Å². The van der Waals surface area contributed by atoms with Gasteiger partial charge in [-0.25, -0.2) is 0 Å². The van der Waals surface area contributed by atoms with Crippen LogP contribution in [-0.4, -0.2) is 12.6 Å². The normalized spacial score (nSPS) is 12.3. The fraction of sp³-hybridized carbons (Fsp3) is 0.333. The quantitative estimate of drug-likeness (QED) is 0.802. The molecule has 2 N–H and O–H groups in total. The third-order valence-corrected chi connectivity index (χ3v) is 3.31. The smallest absolute Gasteiger partial charge is 0.123 e. The Morgan fingerprint density at radius 1 is 1.25 bits per heavy atom. The summed E-state index contributed by atoms with van der Waals surface area (Å²) < 4.78 is 5.94. The zero-order valence-corrected chi connectivity index (χ0v) is 12.4. The summed E-state index contributed by atoms with van der Waals surface area (Å²) in [6, 6.07) is 12.7. The standard InChI is InChI=1S/C18H23NO/c1-13(2)10-11-20-18-9-8-15-6-4-5-7-16(15)17(18)12-14(3)19/h4-9,14H,1,10-12,19H2,2-3H3. The molecule has 0 bridgehead atoms. The molecule has 2 heteroatoms. The number of fused-ring (bicyclic) bond motifs is 1. The van der Waals surface area contributed by atoms with E-state index in [-0.39, 0.29) is 6.04 Å². The molecule has 1 atom stereocenters. The van der Waals surface area contributed by atoms with Gasteiger partial charge in [-0.05, 0) is 37.1 Å². The van der Waals surface area contributed by atoms with Crippen LogP contribution in [0.3, 0.4) is 0 Å². The van der Waals surface area contributed by atoms with Gasteiger partial charge in [0.1, 0.15) is 5.75 Å². The molecule has 0 aromatic heterocycles. The predicted octanol–water partition coefficient (Wildman–Crippen LogP) is 4.07. The first-order valence-corrected chi connectivity index (χ1v) is 7.11. The highest BCUT2D eigenvalue weighted by Gasteiger charge is 2.10. The first kappa shape index (κ1) is 14.6. The largest absolute Gasteiger partial charge is 0.493 e. The SMILES string of the molecule is C=C(C)CCOc1ccc2ccccc2c1CC(C)N. The Balaban J connectivity index is 2.34. The van der Waals surface area contributed by atoms with E-state index in [9.17, 15) is 0 Å². The Morgan fingerprint density at radius 2 is 2.00 bits per heavy atom. The highest BCUT2D eigenvalue weighted by Crippen LogP contribution is 2.29. The van der Waals surface area contributed by atoms with Crippen LogP contribution in [0.25, 0.3) is 10.8 Å². The van der Waals surface area contributed by atoms with Crippen LogP contribution in [0.5, 0.6) is 5.75 Å². The second-order valence-electron chi connectivity index (χ2n) is 5.50. The van der Waals surface area contributed by atoms with Crippen molar-refractivity contribution in [1.29, 1.82) is 0 Å². The summed E-state index contributed by atoms with van der Waals surface area (Å²) in [5, 5.41) is 2.47. The van der Waals surface area contributed by atoms with Crippen molar-refractivity contribution in [2.45, 2.75) is 32.7 Å². The van der Waals surface area contributed by atoms with Crippen LogP contribution in [0.2, 0.25) is 0 Å². The van der Waals surface area contributed by atoms with Crippen LogP contribution >= 0.6 is 0 Å². The van der Waals surface area contributed by atoms with E-state index in [2.05, 4.69) is 43.0 Å². The molecule has 0 saturated carbocycles. The lowest BCUT2D eigenvalue weighted by atomic mass is 9.98. The van der Waals surface area contributed by atoms with Gasteiger partial charge in [-0.1, -0.05) is 35.9 Å². The van der Waals surface area contributed by atoms with E-state index in [1.54, 1.807) is 0 Å². The fourth-order valence-electron chi connectivity index (χ4n) is 2.32. The van der Waals surface area contributed by atoms with Crippen molar-refractivity contribution < 1.29 is 4.74 Å². The van der Waals surface area contributed by atoms with E-state index in [1.165, 1.54) is 16.3 Å². The summed E-state index contributed by atoms with van der Waals surface area (Å²) in [4.78, 5) is 0. The Kier molecular flexibility index (Phi) is 4.80. The lowest BCUT2D eigenvalue weighted by molar-refractivity contribution is 0.318. The summed E-state index contributed by atoms with van der Waals surface area (Å²) in [6.45, 7) is 8.62. The number of ether oxygens (including phenoxy) is 1. The summed E-state index contributed by atoms with van der Waals surface area (Å²) in [5.74, 6) is 0.947. The third-order valence-electron chi connectivity index (χ3n) is 3.31. The molecule has 0 amide bonds. The molecule has 2 nitrogen and oxygen atoms in total. The van der Waals surface area contributed by atoms with E-state index in [0.717, 1.165) is 24.2 Å². The Morgan fingerprint density at radius 3 is 2.70 bits per heavy atom. The van der Waals surface area contributed by atoms with Gasteiger partial charge in [0.05, 0.1) is 6.61 Å². The number of nitrogens with two attached hydrogens (primary N) is 1. The Hall–Kier alpha value is -1.80. The highest BCUT2D eigenvalue weighted by molar-refractivity contribution is 5.87. The lowest BCUT2D eigenvalue weighted by Crippen LogP contribution is -2.18. The molecule has 2 aromatic rings. The van der Waals surface area contributed by atoms with Crippen molar-refractivity contribution >= 4 is 10.8 Å². The van der Waals surface area contributed by atoms with Gasteiger partial charge in [0.2, 0.25) is 0 Å². The second-order valence-corrected chi connectivity index (χ2v) is 5.50. The van der Waals surface area contributed by atoms with Crippen LogP contribution in [0.4, 0.5) is 0 Å². The van der Waals surface area contributed by atoms with Crippen LogP contribution in [0.1, 0.15) is 25.8 Å². The predicted molar refractivity (Wildman–Crippen MR) is 86.2 cm³/mol. The van der Waals surface area contributed by atoms with E-state index in [0.29, 0.717) is 6.61 Å². The maximum Gasteiger partial charge on any atom is 0.123 e. The number of hydrogen-bond donors (Lipinski definition) is 1. The molecule has 0 radical (unpaired) electrons. The van der Waals surface area contributed by atoms with Crippen LogP contribution in [0, 0.1) is 0 Å². The number of benzene rings is 2. The minimum absolute atomic E-state index is 0.115. The highest BCUT2D eigenvalue weighted by atomic mass is 16.5. The summed E-state index contributed by atoms with van der Waals surface area (Å²) in [6.07, 6.45) is 1.70. The van der Waals surface area contributed by atoms with Gasteiger partial charge in [-0.3, -0.25) is 0 Å². The van der Waals surface area contributed by atoms with Crippen molar-refractivity contribution in [3.8, 4) is 5.75 Å². The minimum atomic E-state index is 0.115. The van der Waals surface area contributed by atoms with E-state index in [1.807, 2.05) is 13.8 Å². The third kappa shape index (κ3) is 3.61. The zero-order valence-electron chi connectivity index (χ0n) is 12.4. The molecule has 0 saturated heterocycles. The molecule has 20 heavy (non-hydrogen) atoms. The minimum Gasteiger partial charge on any atom is -0.493 e. The molecule has 2 rings (SSSR count). The molecule has 1 unspecified atom stereocenters. The molecule has 0 aliphatic rings. The summed E-state index contributed by atoms with van der Waals surface area (Å²) in [7, 11) is 0. The molecule has 0 heterocycles. The Labute approximate surface area is 121 Å². The maximum absolute atomic E-state index is 5.99. The lowest BCUT2D eigenvalue weighted by Gasteiger charge is -2.16. The number of hydrogen-bond acceptors (Lipinski definition) is 2. The first-order chi connectivity index (χ1) is 9.58. The first-order valence-electron chi connectivity index (χ1n) is 7.11. The Bertz CT molecular complexity index is 601. The van der Waals surface area contributed by atoms with Crippen LogP contribution in [-0.2, 0) is 6.42 Å². The molecular weight excluding hydrogens is 246 g/mol. The van der Waals surface area contributed by atoms with E-state index in [4.69, 9.17) is 10.5 Å². The van der Waals surface area contributed by atoms with Crippen molar-refractivity contribution in [3.05, 3.63) is 54.1 Å². The molecule has 0 spiro atoms. The molecular formula is C18H23NO. The molecule has 0 aliphatic heterocycles. The van der Waals surface area contributed by atoms with Gasteiger partial charge >= 0.3 is 0 Å². The van der Waals surface area contributed by atoms with Gasteiger partial charge in [0, 0.05) is 18.0 Å². The van der Waals surface area contributed by atoms with Gasteiger partial charge in [-0.15, -0.1) is 6.58 Å². The van der Waals surface area contributed by atoms with Crippen molar-refractivity contribution in [2.24, 2.45) is 5.73 Å². The number of rotatable bonds is 6. The van der Waals surface area contributed by atoms with Crippen molar-refractivity contribution in [1.82, 2.24) is 0 Å². The average Bonchev–Trinajstić information content (AvgIpc) is 2.40. The van der Waals surface area contributed by atoms with Gasteiger partial charge < -0.3 is 10.5 Å². The van der Waals surface area contributed by atoms with E-state index >= 15 is 0 Å². The van der Waals surface area contributed by atoms with Gasteiger partial charge in [0.25, 0.3) is 0 Å². The fourth-order valence-corrected chi connectivity index (χ4v) is 2.32. The van der Waals surface area contributed by atoms with Crippen LogP contribution in [0.15, 0.2) is 48.6 Å². The van der Waals surface area contributed by atoms with Gasteiger partial charge in [0.15, 0.2) is 0 Å². The average molecular weight is 269 g/mol. The van der Waals surface area contributed by atoms with Gasteiger partial charge in [-0.2, -0.15) is 0 Å². The second kappa shape index (κ2) is 6.58. The van der Waals surface area contributed by atoms with Crippen molar-refractivity contribution in [2.75, 3.05) is 6.61 Å². The van der Waals surface area contributed by atoms with Crippen LogP contribution < -0.4 is 10.5 Å². The summed E-state index contributed by atoms with van der Waals surface area (Å²) in [5.41, 5.74) is 8.34. The van der Waals surface area contributed by atoms with E-state index < -0.39 is 0 Å². The zero-order chi connectivity index (χ0) is 14.5. The maximum atomic E-state index is 5.99.